The number of nitrogens with one attached hydrogen (secondary N) is 2. The van der Waals surface area contributed by atoms with Crippen LogP contribution >= 0.6 is 11.8 Å². The molecule has 1 heterocycles. The monoisotopic (exact) mass is 341 g/mol. The van der Waals surface area contributed by atoms with Crippen LogP contribution in [0, 0.1) is 0 Å². The number of rotatable bonds is 6. The van der Waals surface area contributed by atoms with Crippen LogP contribution in [0.4, 0.5) is 5.82 Å². The van der Waals surface area contributed by atoms with Gasteiger partial charge in [-0.2, -0.15) is 11.8 Å². The SMILES string of the molecule is CSC1(CNc2cc(C(=O)NC3CC3)c3ccccc3n2)CCC1. The smallest absolute Gasteiger partial charge is 0.252 e. The Labute approximate surface area is 146 Å². The number of hydrogen-bond acceptors (Lipinski definition) is 4. The lowest BCUT2D eigenvalue weighted by Gasteiger charge is -2.40. The molecule has 1 aromatic heterocycles. The molecule has 0 unspecified atom stereocenters. The summed E-state index contributed by atoms with van der Waals surface area (Å²) in [6.07, 6.45) is 8.19. The molecule has 2 aliphatic rings. The number of amides is 1. The van der Waals surface area contributed by atoms with Gasteiger partial charge in [0.2, 0.25) is 0 Å². The first-order valence-electron chi connectivity index (χ1n) is 8.69. The Kier molecular flexibility index (Phi) is 4.12. The number of fused-ring (bicyclic) bond motifs is 1. The molecule has 0 atom stereocenters. The second-order valence-electron chi connectivity index (χ2n) is 6.91. The Morgan fingerprint density at radius 1 is 1.33 bits per heavy atom. The van der Waals surface area contributed by atoms with E-state index in [1.165, 1.54) is 19.3 Å². The van der Waals surface area contributed by atoms with Crippen molar-refractivity contribution in [1.82, 2.24) is 10.3 Å². The van der Waals surface area contributed by atoms with Crippen molar-refractivity contribution in [3.63, 3.8) is 0 Å². The number of benzene rings is 1. The Morgan fingerprint density at radius 3 is 2.79 bits per heavy atom. The van der Waals surface area contributed by atoms with Crippen molar-refractivity contribution in [3.8, 4) is 0 Å². The van der Waals surface area contributed by atoms with E-state index in [2.05, 4.69) is 16.9 Å². The highest BCUT2D eigenvalue weighted by molar-refractivity contribution is 8.00. The third kappa shape index (κ3) is 3.09. The summed E-state index contributed by atoms with van der Waals surface area (Å²) in [7, 11) is 0. The lowest BCUT2D eigenvalue weighted by molar-refractivity contribution is 0.0952. The zero-order valence-electron chi connectivity index (χ0n) is 14.0. The van der Waals surface area contributed by atoms with Crippen molar-refractivity contribution < 1.29 is 4.79 Å². The second-order valence-corrected chi connectivity index (χ2v) is 8.19. The number of pyridine rings is 1. The molecule has 0 spiro atoms. The summed E-state index contributed by atoms with van der Waals surface area (Å²) >= 11 is 1.94. The highest BCUT2D eigenvalue weighted by atomic mass is 32.2. The largest absolute Gasteiger partial charge is 0.369 e. The van der Waals surface area contributed by atoms with E-state index in [9.17, 15) is 4.79 Å². The first-order chi connectivity index (χ1) is 11.7. The fourth-order valence-electron chi connectivity index (χ4n) is 3.22. The maximum atomic E-state index is 12.6. The third-order valence-corrected chi connectivity index (χ3v) is 6.58. The standard InChI is InChI=1S/C19H23N3OS/c1-24-19(9-4-10-19)12-20-17-11-15(18(23)21-13-7-8-13)14-5-2-3-6-16(14)22-17/h2-3,5-6,11,13H,4,7-10,12H2,1H3,(H,20,22)(H,21,23). The minimum atomic E-state index is 0.0161. The van der Waals surface area contributed by atoms with Gasteiger partial charge in [0.15, 0.2) is 0 Å². The van der Waals surface area contributed by atoms with Crippen LogP contribution in [0.15, 0.2) is 30.3 Å². The minimum Gasteiger partial charge on any atom is -0.369 e. The van der Waals surface area contributed by atoms with Gasteiger partial charge in [0.1, 0.15) is 5.82 Å². The van der Waals surface area contributed by atoms with Gasteiger partial charge in [-0.05, 0) is 44.1 Å². The molecule has 0 saturated heterocycles. The maximum Gasteiger partial charge on any atom is 0.252 e. The predicted octanol–water partition coefficient (Wildman–Crippen LogP) is 3.82. The summed E-state index contributed by atoms with van der Waals surface area (Å²) in [6, 6.07) is 10.1. The van der Waals surface area contributed by atoms with Gasteiger partial charge in [0.25, 0.3) is 5.91 Å². The molecule has 2 fully saturated rings. The molecule has 0 radical (unpaired) electrons. The summed E-state index contributed by atoms with van der Waals surface area (Å²) < 4.78 is 0.337. The van der Waals surface area contributed by atoms with Gasteiger partial charge < -0.3 is 10.6 Å². The molecule has 0 bridgehead atoms. The van der Waals surface area contributed by atoms with Gasteiger partial charge in [-0.25, -0.2) is 4.98 Å². The van der Waals surface area contributed by atoms with Crippen molar-refractivity contribution in [2.75, 3.05) is 18.1 Å². The number of para-hydroxylation sites is 1. The molecule has 5 heteroatoms. The number of nitrogens with zero attached hydrogens (tertiary/aromatic N) is 1. The van der Waals surface area contributed by atoms with Gasteiger partial charge in [-0.15, -0.1) is 0 Å². The lowest BCUT2D eigenvalue weighted by atomic mass is 9.84. The average Bonchev–Trinajstić information content (AvgIpc) is 3.37. The molecule has 2 aromatic rings. The van der Waals surface area contributed by atoms with Crippen molar-refractivity contribution in [1.29, 1.82) is 0 Å². The fraction of sp³-hybridized carbons (Fsp3) is 0.474. The Balaban J connectivity index is 1.61. The van der Waals surface area contributed by atoms with E-state index in [0.29, 0.717) is 10.8 Å². The van der Waals surface area contributed by atoms with Crippen LogP contribution in [0.3, 0.4) is 0 Å². The number of anilines is 1. The highest BCUT2D eigenvalue weighted by Crippen LogP contribution is 2.42. The van der Waals surface area contributed by atoms with E-state index in [1.807, 2.05) is 42.1 Å². The number of carbonyl (C=O) groups is 1. The molecule has 2 aliphatic carbocycles. The molecule has 4 nitrogen and oxygen atoms in total. The van der Waals surface area contributed by atoms with Crippen LogP contribution in [0.2, 0.25) is 0 Å². The first kappa shape index (κ1) is 15.8. The van der Waals surface area contributed by atoms with Crippen molar-refractivity contribution in [2.45, 2.75) is 42.9 Å². The summed E-state index contributed by atoms with van der Waals surface area (Å²) in [5.74, 6) is 0.817. The normalized spacial score (nSPS) is 18.9. The zero-order valence-corrected chi connectivity index (χ0v) is 14.8. The van der Waals surface area contributed by atoms with Crippen LogP contribution < -0.4 is 10.6 Å². The zero-order chi connectivity index (χ0) is 16.6. The van der Waals surface area contributed by atoms with Crippen LogP contribution in [0.1, 0.15) is 42.5 Å². The Morgan fingerprint density at radius 2 is 2.12 bits per heavy atom. The first-order valence-corrected chi connectivity index (χ1v) is 9.91. The number of thioether (sulfide) groups is 1. The van der Waals surface area contributed by atoms with E-state index in [-0.39, 0.29) is 5.91 Å². The van der Waals surface area contributed by atoms with E-state index < -0.39 is 0 Å². The molecular weight excluding hydrogens is 318 g/mol. The molecule has 1 aromatic carbocycles. The van der Waals surface area contributed by atoms with Crippen molar-refractivity contribution >= 4 is 34.4 Å². The lowest BCUT2D eigenvalue weighted by Crippen LogP contribution is -2.40. The quantitative estimate of drug-likeness (QED) is 0.838. The number of hydrogen-bond donors (Lipinski definition) is 2. The van der Waals surface area contributed by atoms with Crippen LogP contribution in [-0.4, -0.2) is 34.5 Å². The van der Waals surface area contributed by atoms with Gasteiger partial charge in [0.05, 0.1) is 11.1 Å². The minimum absolute atomic E-state index is 0.0161. The second kappa shape index (κ2) is 6.28. The Hall–Kier alpha value is -1.75. The predicted molar refractivity (Wildman–Crippen MR) is 101 cm³/mol. The molecule has 2 N–H and O–H groups in total. The van der Waals surface area contributed by atoms with Crippen LogP contribution in [0.25, 0.3) is 10.9 Å². The number of aromatic nitrogens is 1. The van der Waals surface area contributed by atoms with E-state index in [4.69, 9.17) is 4.98 Å². The highest BCUT2D eigenvalue weighted by Gasteiger charge is 2.36. The summed E-state index contributed by atoms with van der Waals surface area (Å²) in [4.78, 5) is 17.3. The molecule has 0 aliphatic heterocycles. The van der Waals surface area contributed by atoms with Crippen LogP contribution in [0.5, 0.6) is 0 Å². The average molecular weight is 341 g/mol. The van der Waals surface area contributed by atoms with E-state index in [1.54, 1.807) is 0 Å². The summed E-state index contributed by atoms with van der Waals surface area (Å²) in [5, 5.41) is 7.50. The van der Waals surface area contributed by atoms with E-state index >= 15 is 0 Å². The van der Waals surface area contributed by atoms with E-state index in [0.717, 1.165) is 41.7 Å². The topological polar surface area (TPSA) is 54.0 Å². The third-order valence-electron chi connectivity index (χ3n) is 5.16. The fourth-order valence-corrected chi connectivity index (χ4v) is 4.13. The molecule has 24 heavy (non-hydrogen) atoms. The van der Waals surface area contributed by atoms with Gasteiger partial charge in [0, 0.05) is 22.7 Å². The summed E-state index contributed by atoms with van der Waals surface area (Å²) in [6.45, 7) is 0.906. The molecular formula is C19H23N3OS. The van der Waals surface area contributed by atoms with Crippen LogP contribution in [-0.2, 0) is 0 Å². The Bertz CT molecular complexity index is 763. The molecule has 4 rings (SSSR count). The number of carbonyl (C=O) groups excluding carboxylic acids is 1. The summed E-state index contributed by atoms with van der Waals surface area (Å²) in [5.41, 5.74) is 1.59. The molecule has 1 amide bonds. The van der Waals surface area contributed by atoms with Gasteiger partial charge in [-0.3, -0.25) is 4.79 Å². The van der Waals surface area contributed by atoms with Crippen molar-refractivity contribution in [3.05, 3.63) is 35.9 Å². The van der Waals surface area contributed by atoms with Gasteiger partial charge >= 0.3 is 0 Å². The van der Waals surface area contributed by atoms with Gasteiger partial charge in [-0.1, -0.05) is 24.6 Å². The maximum absolute atomic E-state index is 12.6. The molecule has 2 saturated carbocycles. The molecule has 126 valence electrons. The van der Waals surface area contributed by atoms with Crippen molar-refractivity contribution in [2.24, 2.45) is 0 Å².